The van der Waals surface area contributed by atoms with Gasteiger partial charge in [0.25, 0.3) is 0 Å². The monoisotopic (exact) mass is 334 g/mol. The molecule has 0 aromatic carbocycles. The topological polar surface area (TPSA) is 59.3 Å². The second kappa shape index (κ2) is 5.81. The van der Waals surface area contributed by atoms with Gasteiger partial charge in [0.05, 0.1) is 10.6 Å². The van der Waals surface area contributed by atoms with Gasteiger partial charge in [0.1, 0.15) is 0 Å². The van der Waals surface area contributed by atoms with Gasteiger partial charge in [0.2, 0.25) is 10.9 Å². The number of hydrogen-bond donors (Lipinski definition) is 1. The van der Waals surface area contributed by atoms with E-state index in [4.69, 9.17) is 0 Å². The van der Waals surface area contributed by atoms with Crippen molar-refractivity contribution in [1.82, 2.24) is 19.9 Å². The number of hydrogen-bond acceptors (Lipinski definition) is 5. The first-order valence-corrected chi connectivity index (χ1v) is 8.86. The van der Waals surface area contributed by atoms with Crippen LogP contribution in [0.5, 0.6) is 0 Å². The van der Waals surface area contributed by atoms with Gasteiger partial charge in [-0.2, -0.15) is 4.98 Å². The lowest BCUT2D eigenvalue weighted by molar-refractivity contribution is -0.128. The predicted molar refractivity (Wildman–Crippen MR) is 90.3 cm³/mol. The fraction of sp³-hybridized carbons (Fsp3) is 0.400. The molecule has 1 N–H and O–H groups in total. The van der Waals surface area contributed by atoms with E-state index in [9.17, 15) is 4.79 Å². The van der Waals surface area contributed by atoms with Crippen LogP contribution in [0.15, 0.2) is 22.9 Å². The van der Waals surface area contributed by atoms with Crippen molar-refractivity contribution in [3.05, 3.63) is 28.6 Å². The maximum absolute atomic E-state index is 11.9. The van der Waals surface area contributed by atoms with E-state index < -0.39 is 0 Å². The summed E-state index contributed by atoms with van der Waals surface area (Å²) in [6.45, 7) is 6.34. The summed E-state index contributed by atoms with van der Waals surface area (Å²) in [5, 5.41) is 11.6. The zero-order chi connectivity index (χ0) is 15.7. The minimum Gasteiger partial charge on any atom is -0.355 e. The van der Waals surface area contributed by atoms with Crippen molar-refractivity contribution in [2.24, 2.45) is 5.41 Å². The zero-order valence-electron chi connectivity index (χ0n) is 12.8. The molecule has 0 fully saturated rings. The molecule has 0 atom stereocenters. The van der Waals surface area contributed by atoms with Crippen LogP contribution in [-0.4, -0.2) is 27.0 Å². The highest BCUT2D eigenvalue weighted by molar-refractivity contribution is 7.15. The maximum atomic E-state index is 11.9. The molecule has 0 saturated carbocycles. The van der Waals surface area contributed by atoms with Gasteiger partial charge in [-0.3, -0.25) is 4.79 Å². The molecule has 3 aromatic heterocycles. The number of nitrogens with zero attached hydrogens (tertiary/aromatic N) is 3. The van der Waals surface area contributed by atoms with Crippen molar-refractivity contribution < 1.29 is 4.79 Å². The number of carbonyl (C=O) groups excluding carboxylic acids is 1. The Morgan fingerprint density at radius 2 is 2.18 bits per heavy atom. The third-order valence-electron chi connectivity index (χ3n) is 3.24. The Balaban J connectivity index is 1.71. The van der Waals surface area contributed by atoms with Crippen molar-refractivity contribution >= 4 is 33.5 Å². The summed E-state index contributed by atoms with van der Waals surface area (Å²) in [7, 11) is 0. The average molecular weight is 334 g/mol. The number of rotatable bonds is 4. The van der Waals surface area contributed by atoms with Gasteiger partial charge in [-0.1, -0.05) is 26.8 Å². The minimum absolute atomic E-state index is 0.0665. The fourth-order valence-electron chi connectivity index (χ4n) is 1.98. The molecule has 0 bridgehead atoms. The Labute approximate surface area is 137 Å². The highest BCUT2D eigenvalue weighted by Crippen LogP contribution is 2.24. The summed E-state index contributed by atoms with van der Waals surface area (Å²) in [6.07, 6.45) is 0.745. The highest BCUT2D eigenvalue weighted by Gasteiger charge is 2.20. The largest absolute Gasteiger partial charge is 0.355 e. The molecule has 116 valence electrons. The van der Waals surface area contributed by atoms with Gasteiger partial charge in [-0.25, -0.2) is 4.52 Å². The summed E-state index contributed by atoms with van der Waals surface area (Å²) in [5.74, 6) is 0.832. The number of thiazole rings is 1. The van der Waals surface area contributed by atoms with Gasteiger partial charge in [-0.15, -0.1) is 27.8 Å². The number of thiophene rings is 1. The van der Waals surface area contributed by atoms with Crippen LogP contribution in [0.3, 0.4) is 0 Å². The third kappa shape index (κ3) is 3.05. The van der Waals surface area contributed by atoms with E-state index in [1.807, 2.05) is 42.8 Å². The van der Waals surface area contributed by atoms with Crippen molar-refractivity contribution in [3.63, 3.8) is 0 Å². The normalized spacial score (nSPS) is 12.0. The molecule has 3 rings (SSSR count). The number of aromatic nitrogens is 3. The number of fused-ring (bicyclic) bond motifs is 1. The van der Waals surface area contributed by atoms with Gasteiger partial charge in [0, 0.05) is 23.8 Å². The molecule has 5 nitrogen and oxygen atoms in total. The SMILES string of the molecule is CC(C)(C)C(=O)NCCc1csc2nc(-c3cccs3)nn12. The number of amides is 1. The molecular weight excluding hydrogens is 316 g/mol. The molecular formula is C15H18N4OS2. The van der Waals surface area contributed by atoms with Gasteiger partial charge >= 0.3 is 0 Å². The Hall–Kier alpha value is -1.73. The lowest BCUT2D eigenvalue weighted by atomic mass is 9.96. The smallest absolute Gasteiger partial charge is 0.225 e. The van der Waals surface area contributed by atoms with Crippen LogP contribution in [0, 0.1) is 5.41 Å². The van der Waals surface area contributed by atoms with Crippen molar-refractivity contribution in [2.45, 2.75) is 27.2 Å². The molecule has 0 aliphatic heterocycles. The highest BCUT2D eigenvalue weighted by atomic mass is 32.1. The maximum Gasteiger partial charge on any atom is 0.225 e. The first-order chi connectivity index (χ1) is 10.4. The van der Waals surface area contributed by atoms with Gasteiger partial charge in [-0.05, 0) is 11.4 Å². The van der Waals surface area contributed by atoms with Crippen molar-refractivity contribution in [2.75, 3.05) is 6.54 Å². The molecule has 22 heavy (non-hydrogen) atoms. The minimum atomic E-state index is -0.358. The Morgan fingerprint density at radius 1 is 1.36 bits per heavy atom. The van der Waals surface area contributed by atoms with Gasteiger partial charge in [0.15, 0.2) is 5.82 Å². The zero-order valence-corrected chi connectivity index (χ0v) is 14.4. The van der Waals surface area contributed by atoms with Crippen molar-refractivity contribution in [3.8, 4) is 10.7 Å². The number of nitrogens with one attached hydrogen (secondary N) is 1. The Bertz CT molecular complexity index is 780. The molecule has 3 aromatic rings. The Morgan fingerprint density at radius 3 is 2.86 bits per heavy atom. The van der Waals surface area contributed by atoms with Crippen LogP contribution in [0.4, 0.5) is 0 Å². The predicted octanol–water partition coefficient (Wildman–Crippen LogP) is 3.22. The van der Waals surface area contributed by atoms with Crippen LogP contribution in [0.2, 0.25) is 0 Å². The van der Waals surface area contributed by atoms with Crippen LogP contribution in [-0.2, 0) is 11.2 Å². The number of carbonyl (C=O) groups is 1. The summed E-state index contributed by atoms with van der Waals surface area (Å²) in [6, 6.07) is 4.02. The van der Waals surface area contributed by atoms with E-state index in [1.165, 1.54) is 0 Å². The van der Waals surface area contributed by atoms with E-state index in [0.717, 1.165) is 27.8 Å². The quantitative estimate of drug-likeness (QED) is 0.797. The first kappa shape index (κ1) is 15.2. The lowest BCUT2D eigenvalue weighted by Crippen LogP contribution is -2.36. The molecule has 0 aliphatic rings. The van der Waals surface area contributed by atoms with Crippen LogP contribution in [0.1, 0.15) is 26.5 Å². The second-order valence-electron chi connectivity index (χ2n) is 6.09. The molecule has 3 heterocycles. The molecule has 0 radical (unpaired) electrons. The second-order valence-corrected chi connectivity index (χ2v) is 7.87. The third-order valence-corrected chi connectivity index (χ3v) is 4.97. The van der Waals surface area contributed by atoms with E-state index in [-0.39, 0.29) is 11.3 Å². The first-order valence-electron chi connectivity index (χ1n) is 7.10. The summed E-state index contributed by atoms with van der Waals surface area (Å²) >= 11 is 3.21. The van der Waals surface area contributed by atoms with Crippen LogP contribution >= 0.6 is 22.7 Å². The van der Waals surface area contributed by atoms with Gasteiger partial charge < -0.3 is 5.32 Å². The van der Waals surface area contributed by atoms with E-state index >= 15 is 0 Å². The molecule has 0 aliphatic carbocycles. The molecule has 1 amide bonds. The van der Waals surface area contributed by atoms with Crippen LogP contribution < -0.4 is 5.32 Å². The van der Waals surface area contributed by atoms with E-state index in [2.05, 4.69) is 20.8 Å². The van der Waals surface area contributed by atoms with Crippen molar-refractivity contribution in [1.29, 1.82) is 0 Å². The fourth-order valence-corrected chi connectivity index (χ4v) is 3.49. The molecule has 0 saturated heterocycles. The summed E-state index contributed by atoms with van der Waals surface area (Å²) in [4.78, 5) is 18.4. The van der Waals surface area contributed by atoms with E-state index in [0.29, 0.717) is 6.54 Å². The lowest BCUT2D eigenvalue weighted by Gasteiger charge is -2.17. The standard InChI is InChI=1S/C15H18N4OS2/c1-15(2,3)13(20)16-7-6-10-9-22-14-17-12(18-19(10)14)11-5-4-8-21-11/h4-5,8-9H,6-7H2,1-3H3,(H,16,20). The Kier molecular flexibility index (Phi) is 4.01. The molecule has 0 spiro atoms. The summed E-state index contributed by atoms with van der Waals surface area (Å²) < 4.78 is 1.88. The average Bonchev–Trinajstić information content (AvgIpc) is 3.13. The summed E-state index contributed by atoms with van der Waals surface area (Å²) in [5.41, 5.74) is 0.716. The van der Waals surface area contributed by atoms with E-state index in [1.54, 1.807) is 22.7 Å². The molecule has 0 unspecified atom stereocenters. The molecule has 7 heteroatoms. The van der Waals surface area contributed by atoms with Crippen LogP contribution in [0.25, 0.3) is 15.7 Å².